The van der Waals surface area contributed by atoms with Crippen LogP contribution in [0.2, 0.25) is 0 Å². The minimum Gasteiger partial charge on any atom is -0.153 e. The van der Waals surface area contributed by atoms with E-state index in [1.807, 2.05) is 11.1 Å². The molecule has 3 fully saturated rings. The maximum atomic E-state index is 2.71. The number of thioether (sulfide) groups is 1. The second kappa shape index (κ2) is 4.38. The highest BCUT2D eigenvalue weighted by Crippen LogP contribution is 2.68. The molecule has 4 aliphatic carbocycles. The third kappa shape index (κ3) is 1.84. The van der Waals surface area contributed by atoms with E-state index in [9.17, 15) is 0 Å². The van der Waals surface area contributed by atoms with E-state index in [4.69, 9.17) is 0 Å². The van der Waals surface area contributed by atoms with E-state index in [0.29, 0.717) is 10.8 Å². The highest BCUT2D eigenvalue weighted by atomic mass is 32.2. The summed E-state index contributed by atoms with van der Waals surface area (Å²) in [6, 6.07) is 0. The van der Waals surface area contributed by atoms with E-state index in [0.717, 1.165) is 22.5 Å². The molecule has 2 saturated carbocycles. The van der Waals surface area contributed by atoms with Crippen molar-refractivity contribution in [2.45, 2.75) is 83.3 Å². The van der Waals surface area contributed by atoms with Crippen molar-refractivity contribution in [3.05, 3.63) is 11.1 Å². The Morgan fingerprint density at radius 2 is 1.77 bits per heavy atom. The van der Waals surface area contributed by atoms with Crippen LogP contribution in [-0.4, -0.2) is 10.5 Å². The fourth-order valence-electron chi connectivity index (χ4n) is 7.15. The molecule has 1 heteroatoms. The second-order valence-electron chi connectivity index (χ2n) is 10.1. The summed E-state index contributed by atoms with van der Waals surface area (Å²) in [5.41, 5.74) is 5.07. The van der Waals surface area contributed by atoms with E-state index in [2.05, 4.69) is 32.5 Å². The smallest absolute Gasteiger partial charge is 0.0254 e. The molecule has 5 rings (SSSR count). The molecule has 22 heavy (non-hydrogen) atoms. The maximum Gasteiger partial charge on any atom is 0.0254 e. The van der Waals surface area contributed by atoms with Crippen LogP contribution in [0.25, 0.3) is 0 Å². The van der Waals surface area contributed by atoms with Crippen molar-refractivity contribution in [2.24, 2.45) is 28.6 Å². The zero-order valence-corrected chi connectivity index (χ0v) is 15.5. The van der Waals surface area contributed by atoms with Crippen LogP contribution in [0.5, 0.6) is 0 Å². The fourth-order valence-corrected chi connectivity index (χ4v) is 8.18. The Bertz CT molecular complexity index is 538. The van der Waals surface area contributed by atoms with E-state index in [1.54, 1.807) is 6.42 Å². The Labute approximate surface area is 140 Å². The maximum absolute atomic E-state index is 2.71. The molecule has 1 spiro atoms. The lowest BCUT2D eigenvalue weighted by Crippen LogP contribution is -2.49. The normalized spacial score (nSPS) is 52.2. The van der Waals surface area contributed by atoms with Gasteiger partial charge < -0.3 is 0 Å². The van der Waals surface area contributed by atoms with Crippen molar-refractivity contribution in [1.29, 1.82) is 0 Å². The molecule has 5 atom stereocenters. The first-order valence-corrected chi connectivity index (χ1v) is 10.8. The van der Waals surface area contributed by atoms with Crippen molar-refractivity contribution in [3.63, 3.8) is 0 Å². The molecule has 122 valence electrons. The first kappa shape index (κ1) is 14.4. The van der Waals surface area contributed by atoms with Crippen LogP contribution in [-0.2, 0) is 0 Å². The van der Waals surface area contributed by atoms with E-state index in [1.165, 1.54) is 57.1 Å². The molecule has 1 heterocycles. The van der Waals surface area contributed by atoms with E-state index in [-0.39, 0.29) is 0 Å². The molecule has 0 nitrogen and oxygen atoms in total. The van der Waals surface area contributed by atoms with Gasteiger partial charge in [-0.3, -0.25) is 0 Å². The lowest BCUT2D eigenvalue weighted by molar-refractivity contribution is -0.0375. The van der Waals surface area contributed by atoms with Crippen molar-refractivity contribution >= 4 is 11.8 Å². The molecular formula is C21H32S. The van der Waals surface area contributed by atoms with Crippen LogP contribution in [0, 0.1) is 28.6 Å². The Kier molecular flexibility index (Phi) is 2.87. The summed E-state index contributed by atoms with van der Waals surface area (Å²) in [6.07, 6.45) is 13.5. The summed E-state index contributed by atoms with van der Waals surface area (Å²) in [5, 5.41) is 0. The molecule has 1 aliphatic heterocycles. The Balaban J connectivity index is 1.47. The van der Waals surface area contributed by atoms with Crippen molar-refractivity contribution in [2.75, 3.05) is 5.75 Å². The predicted octanol–water partition coefficient (Wildman–Crippen LogP) is 6.22. The van der Waals surface area contributed by atoms with E-state index >= 15 is 0 Å². The number of hydrogen-bond acceptors (Lipinski definition) is 1. The summed E-state index contributed by atoms with van der Waals surface area (Å²) in [7, 11) is 0. The van der Waals surface area contributed by atoms with Gasteiger partial charge in [-0.05, 0) is 86.4 Å². The summed E-state index contributed by atoms with van der Waals surface area (Å²) in [5.74, 6) is 4.54. The summed E-state index contributed by atoms with van der Waals surface area (Å²) in [6.45, 7) is 7.73. The molecular weight excluding hydrogens is 284 g/mol. The Morgan fingerprint density at radius 1 is 0.955 bits per heavy atom. The van der Waals surface area contributed by atoms with Gasteiger partial charge in [0.2, 0.25) is 0 Å². The number of fused-ring (bicyclic) bond motifs is 4. The zero-order chi connectivity index (χ0) is 15.2. The molecule has 0 aromatic carbocycles. The van der Waals surface area contributed by atoms with Gasteiger partial charge in [-0.1, -0.05) is 31.9 Å². The van der Waals surface area contributed by atoms with Crippen molar-refractivity contribution < 1.29 is 0 Å². The van der Waals surface area contributed by atoms with Gasteiger partial charge in [0.1, 0.15) is 0 Å². The van der Waals surface area contributed by atoms with Gasteiger partial charge in [-0.15, -0.1) is 0 Å². The van der Waals surface area contributed by atoms with Gasteiger partial charge in [-0.2, -0.15) is 11.8 Å². The Hall–Kier alpha value is 0.0900. The minimum absolute atomic E-state index is 0.527. The van der Waals surface area contributed by atoms with Gasteiger partial charge in [-0.25, -0.2) is 0 Å². The molecule has 0 amide bonds. The fraction of sp³-hybridized carbons (Fsp3) is 0.905. The topological polar surface area (TPSA) is 0 Å². The Morgan fingerprint density at radius 3 is 2.55 bits per heavy atom. The van der Waals surface area contributed by atoms with Crippen LogP contribution >= 0.6 is 11.8 Å². The van der Waals surface area contributed by atoms with Crippen LogP contribution < -0.4 is 0 Å². The molecule has 0 aromatic rings. The van der Waals surface area contributed by atoms with Crippen LogP contribution in [0.3, 0.4) is 0 Å². The second-order valence-corrected chi connectivity index (χ2v) is 11.5. The average Bonchev–Trinajstić information content (AvgIpc) is 3.17. The minimum atomic E-state index is 0.527. The van der Waals surface area contributed by atoms with Gasteiger partial charge in [0.25, 0.3) is 0 Å². The zero-order valence-electron chi connectivity index (χ0n) is 14.7. The third-order valence-corrected chi connectivity index (χ3v) is 10.2. The highest BCUT2D eigenvalue weighted by molar-refractivity contribution is 8.07. The summed E-state index contributed by atoms with van der Waals surface area (Å²) < 4.78 is 0.769. The number of hydrogen-bond donors (Lipinski definition) is 0. The van der Waals surface area contributed by atoms with Gasteiger partial charge in [0, 0.05) is 10.5 Å². The lowest BCUT2D eigenvalue weighted by Gasteiger charge is -2.57. The standard InChI is InChI=1S/C21H32S/c1-19(2)9-8-16-15-5-4-14-12-21(13-22-21)11-10-20(14,3)18(15)7-6-17(16)19/h14-15,18H,4-13H2,1-3H3. The average molecular weight is 317 g/mol. The lowest BCUT2D eigenvalue weighted by atomic mass is 9.48. The van der Waals surface area contributed by atoms with Crippen molar-refractivity contribution in [1.82, 2.24) is 0 Å². The van der Waals surface area contributed by atoms with E-state index < -0.39 is 0 Å². The largest absolute Gasteiger partial charge is 0.153 e. The molecule has 5 unspecified atom stereocenters. The third-order valence-electron chi connectivity index (χ3n) is 8.76. The first-order chi connectivity index (χ1) is 10.4. The summed E-state index contributed by atoms with van der Waals surface area (Å²) in [4.78, 5) is 0. The van der Waals surface area contributed by atoms with Crippen LogP contribution in [0.15, 0.2) is 11.1 Å². The summed E-state index contributed by atoms with van der Waals surface area (Å²) >= 11 is 2.28. The highest BCUT2D eigenvalue weighted by Gasteiger charge is 2.59. The van der Waals surface area contributed by atoms with Crippen molar-refractivity contribution in [3.8, 4) is 0 Å². The van der Waals surface area contributed by atoms with Gasteiger partial charge >= 0.3 is 0 Å². The van der Waals surface area contributed by atoms with Crippen LogP contribution in [0.1, 0.15) is 78.6 Å². The van der Waals surface area contributed by atoms with Crippen LogP contribution in [0.4, 0.5) is 0 Å². The molecule has 1 saturated heterocycles. The molecule has 0 radical (unpaired) electrons. The molecule has 5 aliphatic rings. The monoisotopic (exact) mass is 316 g/mol. The predicted molar refractivity (Wildman–Crippen MR) is 96.1 cm³/mol. The first-order valence-electron chi connectivity index (χ1n) is 9.80. The molecule has 0 bridgehead atoms. The molecule has 0 N–H and O–H groups in total. The van der Waals surface area contributed by atoms with Gasteiger partial charge in [0.15, 0.2) is 0 Å². The quantitative estimate of drug-likeness (QED) is 0.378. The number of rotatable bonds is 0. The molecule has 0 aromatic heterocycles. The van der Waals surface area contributed by atoms with Gasteiger partial charge in [0.05, 0.1) is 0 Å². The SMILES string of the molecule is CC1(C)CCC2=C1CCC1C2CCC2CC3(CCC21C)CS3. The number of allylic oxidation sites excluding steroid dienone is 2.